The largest absolute Gasteiger partial charge is 0.354 e. The molecule has 1 amide bonds. The fourth-order valence-corrected chi connectivity index (χ4v) is 2.70. The summed E-state index contributed by atoms with van der Waals surface area (Å²) in [5, 5.41) is 3.00. The van der Waals surface area contributed by atoms with Crippen molar-refractivity contribution < 1.29 is 4.79 Å². The molecule has 0 spiro atoms. The Balaban J connectivity index is 1.72. The maximum Gasteiger partial charge on any atom is 0.237 e. The Labute approximate surface area is 121 Å². The Bertz CT molecular complexity index is 421. The van der Waals surface area contributed by atoms with Gasteiger partial charge in [0.05, 0.1) is 6.04 Å². The van der Waals surface area contributed by atoms with Gasteiger partial charge < -0.3 is 16.0 Å². The van der Waals surface area contributed by atoms with E-state index in [1.165, 1.54) is 6.42 Å². The molecule has 1 saturated heterocycles. The SMILES string of the molecule is CCN1CCC(CNC(=O)C(N)Cc2ccccc2)C1. The van der Waals surface area contributed by atoms with Gasteiger partial charge >= 0.3 is 0 Å². The van der Waals surface area contributed by atoms with Gasteiger partial charge in [-0.2, -0.15) is 0 Å². The lowest BCUT2D eigenvalue weighted by Gasteiger charge is -2.16. The molecule has 0 saturated carbocycles. The summed E-state index contributed by atoms with van der Waals surface area (Å²) in [4.78, 5) is 14.4. The molecule has 20 heavy (non-hydrogen) atoms. The average Bonchev–Trinajstić information content (AvgIpc) is 2.93. The van der Waals surface area contributed by atoms with Crippen LogP contribution < -0.4 is 11.1 Å². The Morgan fingerprint density at radius 3 is 2.85 bits per heavy atom. The van der Waals surface area contributed by atoms with Gasteiger partial charge in [0.1, 0.15) is 0 Å². The molecule has 2 unspecified atom stereocenters. The number of carbonyl (C=O) groups excluding carboxylic acids is 1. The number of amides is 1. The molecule has 0 radical (unpaired) electrons. The van der Waals surface area contributed by atoms with Gasteiger partial charge in [-0.3, -0.25) is 4.79 Å². The molecular weight excluding hydrogens is 250 g/mol. The smallest absolute Gasteiger partial charge is 0.237 e. The second-order valence-corrected chi connectivity index (χ2v) is 5.59. The van der Waals surface area contributed by atoms with Gasteiger partial charge in [0.25, 0.3) is 0 Å². The highest BCUT2D eigenvalue weighted by atomic mass is 16.2. The summed E-state index contributed by atoms with van der Waals surface area (Å²) < 4.78 is 0. The number of rotatable bonds is 6. The number of nitrogens with zero attached hydrogens (tertiary/aromatic N) is 1. The lowest BCUT2D eigenvalue weighted by molar-refractivity contribution is -0.122. The molecule has 1 aliphatic heterocycles. The maximum atomic E-state index is 12.0. The van der Waals surface area contributed by atoms with E-state index in [4.69, 9.17) is 5.73 Å². The quantitative estimate of drug-likeness (QED) is 0.815. The normalized spacial score (nSPS) is 20.8. The number of nitrogens with two attached hydrogens (primary N) is 1. The molecule has 0 bridgehead atoms. The van der Waals surface area contributed by atoms with Crippen molar-refractivity contribution in [2.24, 2.45) is 11.7 Å². The molecule has 1 heterocycles. The zero-order chi connectivity index (χ0) is 14.4. The minimum atomic E-state index is -0.457. The van der Waals surface area contributed by atoms with E-state index in [0.717, 1.165) is 31.7 Å². The summed E-state index contributed by atoms with van der Waals surface area (Å²) in [6, 6.07) is 9.46. The van der Waals surface area contributed by atoms with Crippen LogP contribution in [0.1, 0.15) is 18.9 Å². The first-order chi connectivity index (χ1) is 9.69. The number of carbonyl (C=O) groups is 1. The highest BCUT2D eigenvalue weighted by molar-refractivity contribution is 5.81. The first-order valence-corrected chi connectivity index (χ1v) is 7.48. The third kappa shape index (κ3) is 4.32. The van der Waals surface area contributed by atoms with Crippen molar-refractivity contribution >= 4 is 5.91 Å². The van der Waals surface area contributed by atoms with Gasteiger partial charge in [0.2, 0.25) is 5.91 Å². The summed E-state index contributed by atoms with van der Waals surface area (Å²) in [7, 11) is 0. The fourth-order valence-electron chi connectivity index (χ4n) is 2.70. The van der Waals surface area contributed by atoms with Gasteiger partial charge in [-0.05, 0) is 37.4 Å². The standard InChI is InChI=1S/C16H25N3O/c1-2-19-9-8-14(12-19)11-18-16(20)15(17)10-13-6-4-3-5-7-13/h3-7,14-15H,2,8-12,17H2,1H3,(H,18,20). The Morgan fingerprint density at radius 2 is 2.20 bits per heavy atom. The number of nitrogens with one attached hydrogen (secondary N) is 1. The summed E-state index contributed by atoms with van der Waals surface area (Å²) in [6.07, 6.45) is 1.76. The summed E-state index contributed by atoms with van der Waals surface area (Å²) in [6.45, 7) is 6.25. The van der Waals surface area contributed by atoms with Crippen LogP contribution in [0.2, 0.25) is 0 Å². The summed E-state index contributed by atoms with van der Waals surface area (Å²) in [5.74, 6) is 0.534. The molecular formula is C16H25N3O. The fraction of sp³-hybridized carbons (Fsp3) is 0.562. The van der Waals surface area contributed by atoms with Crippen molar-refractivity contribution in [1.29, 1.82) is 0 Å². The second kappa shape index (κ2) is 7.41. The van der Waals surface area contributed by atoms with Crippen molar-refractivity contribution in [1.82, 2.24) is 10.2 Å². The number of hydrogen-bond donors (Lipinski definition) is 2. The van der Waals surface area contributed by atoms with Gasteiger partial charge in [-0.1, -0.05) is 37.3 Å². The van der Waals surface area contributed by atoms with Crippen molar-refractivity contribution in [3.05, 3.63) is 35.9 Å². The molecule has 2 rings (SSSR count). The van der Waals surface area contributed by atoms with Crippen molar-refractivity contribution in [3.8, 4) is 0 Å². The molecule has 110 valence electrons. The molecule has 2 atom stereocenters. The Hall–Kier alpha value is -1.39. The molecule has 3 N–H and O–H groups in total. The lowest BCUT2D eigenvalue weighted by atomic mass is 10.1. The average molecular weight is 275 g/mol. The van der Waals surface area contributed by atoms with Gasteiger partial charge in [-0.25, -0.2) is 0 Å². The third-order valence-electron chi connectivity index (χ3n) is 4.02. The summed E-state index contributed by atoms with van der Waals surface area (Å²) in [5.41, 5.74) is 7.07. The van der Waals surface area contributed by atoms with Crippen LogP contribution in [0.25, 0.3) is 0 Å². The van der Waals surface area contributed by atoms with Crippen LogP contribution in [0, 0.1) is 5.92 Å². The molecule has 1 aromatic rings. The van der Waals surface area contributed by atoms with Gasteiger partial charge in [0.15, 0.2) is 0 Å². The minimum Gasteiger partial charge on any atom is -0.354 e. The van der Waals surface area contributed by atoms with Crippen LogP contribution in [0.3, 0.4) is 0 Å². The van der Waals surface area contributed by atoms with Crippen molar-refractivity contribution in [2.75, 3.05) is 26.2 Å². The Morgan fingerprint density at radius 1 is 1.45 bits per heavy atom. The van der Waals surface area contributed by atoms with E-state index in [1.807, 2.05) is 30.3 Å². The van der Waals surface area contributed by atoms with E-state index in [2.05, 4.69) is 17.1 Å². The number of likely N-dealkylation sites (tertiary alicyclic amines) is 1. The first kappa shape index (κ1) is 15.0. The van der Waals surface area contributed by atoms with E-state index >= 15 is 0 Å². The first-order valence-electron chi connectivity index (χ1n) is 7.48. The number of hydrogen-bond acceptors (Lipinski definition) is 3. The zero-order valence-electron chi connectivity index (χ0n) is 12.2. The van der Waals surface area contributed by atoms with E-state index < -0.39 is 6.04 Å². The van der Waals surface area contributed by atoms with Crippen LogP contribution in [0.15, 0.2) is 30.3 Å². The Kier molecular flexibility index (Phi) is 5.56. The van der Waals surface area contributed by atoms with E-state index in [-0.39, 0.29) is 5.91 Å². The van der Waals surface area contributed by atoms with E-state index in [9.17, 15) is 4.79 Å². The van der Waals surface area contributed by atoms with Crippen LogP contribution in [0.5, 0.6) is 0 Å². The minimum absolute atomic E-state index is 0.0381. The predicted octanol–water partition coefficient (Wildman–Crippen LogP) is 1.01. The molecule has 4 nitrogen and oxygen atoms in total. The van der Waals surface area contributed by atoms with Crippen LogP contribution in [-0.2, 0) is 11.2 Å². The molecule has 1 aromatic carbocycles. The van der Waals surface area contributed by atoms with Crippen LogP contribution in [-0.4, -0.2) is 43.0 Å². The lowest BCUT2D eigenvalue weighted by Crippen LogP contribution is -2.43. The van der Waals surface area contributed by atoms with Crippen LogP contribution in [0.4, 0.5) is 0 Å². The maximum absolute atomic E-state index is 12.0. The number of benzene rings is 1. The predicted molar refractivity (Wildman–Crippen MR) is 81.4 cm³/mol. The van der Waals surface area contributed by atoms with Gasteiger partial charge in [0, 0.05) is 13.1 Å². The monoisotopic (exact) mass is 275 g/mol. The highest BCUT2D eigenvalue weighted by Crippen LogP contribution is 2.14. The summed E-state index contributed by atoms with van der Waals surface area (Å²) >= 11 is 0. The van der Waals surface area contributed by atoms with E-state index in [1.54, 1.807) is 0 Å². The molecule has 0 aliphatic carbocycles. The van der Waals surface area contributed by atoms with Crippen molar-refractivity contribution in [3.63, 3.8) is 0 Å². The van der Waals surface area contributed by atoms with E-state index in [0.29, 0.717) is 12.3 Å². The second-order valence-electron chi connectivity index (χ2n) is 5.59. The third-order valence-corrected chi connectivity index (χ3v) is 4.02. The molecule has 4 heteroatoms. The zero-order valence-corrected chi connectivity index (χ0v) is 12.2. The highest BCUT2D eigenvalue weighted by Gasteiger charge is 2.22. The topological polar surface area (TPSA) is 58.4 Å². The molecule has 1 fully saturated rings. The van der Waals surface area contributed by atoms with Crippen molar-refractivity contribution in [2.45, 2.75) is 25.8 Å². The van der Waals surface area contributed by atoms with Crippen LogP contribution >= 0.6 is 0 Å². The molecule has 1 aliphatic rings. The van der Waals surface area contributed by atoms with Gasteiger partial charge in [-0.15, -0.1) is 0 Å². The molecule has 0 aromatic heterocycles.